The van der Waals surface area contributed by atoms with Crippen LogP contribution in [0.5, 0.6) is 5.88 Å². The van der Waals surface area contributed by atoms with Crippen LogP contribution in [-0.4, -0.2) is 48.5 Å². The van der Waals surface area contributed by atoms with Crippen LogP contribution in [0.15, 0.2) is 53.7 Å². The molecule has 30 heavy (non-hydrogen) atoms. The van der Waals surface area contributed by atoms with Crippen molar-refractivity contribution in [2.24, 2.45) is 4.99 Å². The molecule has 2 rings (SSSR count). The van der Waals surface area contributed by atoms with Crippen molar-refractivity contribution in [2.45, 2.75) is 25.6 Å². The molecule has 0 fully saturated rings. The van der Waals surface area contributed by atoms with Gasteiger partial charge in [0.25, 0.3) is 0 Å². The number of aliphatic hydroxyl groups excluding tert-OH is 1. The van der Waals surface area contributed by atoms with Crippen molar-refractivity contribution in [1.29, 1.82) is 0 Å². The van der Waals surface area contributed by atoms with E-state index >= 15 is 0 Å². The lowest BCUT2D eigenvalue weighted by molar-refractivity contribution is -0.154. The number of ether oxygens (including phenoxy) is 1. The van der Waals surface area contributed by atoms with E-state index in [4.69, 9.17) is 0 Å². The van der Waals surface area contributed by atoms with E-state index in [1.54, 1.807) is 6.07 Å². The van der Waals surface area contributed by atoms with Gasteiger partial charge in [-0.15, -0.1) is 24.0 Å². The number of guanidine groups is 1. The fraction of sp³-hybridized carbons (Fsp3) is 0.400. The van der Waals surface area contributed by atoms with Gasteiger partial charge in [0, 0.05) is 31.3 Å². The highest BCUT2D eigenvalue weighted by Gasteiger charge is 2.28. The van der Waals surface area contributed by atoms with Crippen molar-refractivity contribution in [3.63, 3.8) is 0 Å². The number of nitrogens with zero attached hydrogens (tertiary/aromatic N) is 2. The Balaban J connectivity index is 0.00000450. The molecule has 0 spiro atoms. The van der Waals surface area contributed by atoms with Crippen LogP contribution in [0, 0.1) is 0 Å². The van der Waals surface area contributed by atoms with Gasteiger partial charge in [0.1, 0.15) is 0 Å². The Hall–Kier alpha value is -2.08. The zero-order chi connectivity index (χ0) is 21.1. The molecule has 1 atom stereocenters. The molecule has 2 aromatic rings. The molecule has 0 bridgehead atoms. The molecule has 0 saturated heterocycles. The van der Waals surface area contributed by atoms with E-state index in [1.807, 2.05) is 37.3 Å². The zero-order valence-electron chi connectivity index (χ0n) is 16.5. The molecule has 166 valence electrons. The van der Waals surface area contributed by atoms with E-state index in [-0.39, 0.29) is 48.9 Å². The summed E-state index contributed by atoms with van der Waals surface area (Å²) in [7, 11) is 0. The number of aliphatic hydroxyl groups is 1. The number of benzene rings is 1. The Labute approximate surface area is 191 Å². The third-order valence-electron chi connectivity index (χ3n) is 3.95. The number of halogens is 4. The lowest BCUT2D eigenvalue weighted by Gasteiger charge is -2.18. The first-order valence-corrected chi connectivity index (χ1v) is 9.23. The van der Waals surface area contributed by atoms with Gasteiger partial charge in [-0.05, 0) is 24.1 Å². The molecule has 1 aromatic carbocycles. The van der Waals surface area contributed by atoms with Crippen LogP contribution in [0.25, 0.3) is 0 Å². The molecule has 1 heterocycles. The molecule has 1 unspecified atom stereocenters. The Morgan fingerprint density at radius 2 is 1.93 bits per heavy atom. The summed E-state index contributed by atoms with van der Waals surface area (Å²) in [6, 6.07) is 12.7. The molecule has 0 aliphatic heterocycles. The number of alkyl halides is 3. The number of aliphatic imine (C=N–C) groups is 1. The first kappa shape index (κ1) is 26.0. The number of hydrogen-bond donors (Lipinski definition) is 3. The highest BCUT2D eigenvalue weighted by Crippen LogP contribution is 2.18. The second-order valence-corrected chi connectivity index (χ2v) is 6.27. The minimum atomic E-state index is -4.42. The van der Waals surface area contributed by atoms with Crippen molar-refractivity contribution in [3.05, 3.63) is 59.8 Å². The van der Waals surface area contributed by atoms with Crippen molar-refractivity contribution in [1.82, 2.24) is 15.6 Å². The minimum absolute atomic E-state index is 0. The van der Waals surface area contributed by atoms with Crippen molar-refractivity contribution in [3.8, 4) is 5.88 Å². The smallest absolute Gasteiger partial charge is 0.422 e. The minimum Gasteiger partial charge on any atom is -0.468 e. The average Bonchev–Trinajstić information content (AvgIpc) is 2.71. The van der Waals surface area contributed by atoms with Crippen LogP contribution in [-0.2, 0) is 6.54 Å². The summed E-state index contributed by atoms with van der Waals surface area (Å²) in [5.74, 6) is 0.345. The van der Waals surface area contributed by atoms with Gasteiger partial charge in [-0.2, -0.15) is 13.2 Å². The van der Waals surface area contributed by atoms with E-state index in [9.17, 15) is 18.3 Å². The number of rotatable bonds is 9. The third-order valence-corrected chi connectivity index (χ3v) is 3.95. The Bertz CT molecular complexity index is 776. The van der Waals surface area contributed by atoms with Crippen molar-refractivity contribution in [2.75, 3.05) is 26.3 Å². The number of aromatic nitrogens is 1. The summed E-state index contributed by atoms with van der Waals surface area (Å²) in [5, 5.41) is 16.0. The molecule has 0 radical (unpaired) electrons. The Morgan fingerprint density at radius 3 is 2.57 bits per heavy atom. The standard InChI is InChI=1S/C20H25F3N4O2.HI/c1-2-24-19(27-12-17(13-28)16-6-4-3-5-7-16)26-11-15-8-9-25-18(10-15)29-14-20(21,22)23;/h3-10,17,28H,2,11-14H2,1H3,(H2,24,26,27);1H. The predicted octanol–water partition coefficient (Wildman–Crippen LogP) is 3.47. The van der Waals surface area contributed by atoms with Gasteiger partial charge in [-0.3, -0.25) is 0 Å². The fourth-order valence-electron chi connectivity index (χ4n) is 2.53. The van der Waals surface area contributed by atoms with E-state index in [0.29, 0.717) is 24.6 Å². The monoisotopic (exact) mass is 538 g/mol. The molecular formula is C20H26F3IN4O2. The fourth-order valence-corrected chi connectivity index (χ4v) is 2.53. The van der Waals surface area contributed by atoms with Gasteiger partial charge < -0.3 is 20.5 Å². The topological polar surface area (TPSA) is 78.8 Å². The molecule has 6 nitrogen and oxygen atoms in total. The largest absolute Gasteiger partial charge is 0.468 e. The number of nitrogens with one attached hydrogen (secondary N) is 2. The molecule has 0 aliphatic rings. The molecular weight excluding hydrogens is 512 g/mol. The third kappa shape index (κ3) is 9.61. The van der Waals surface area contributed by atoms with Crippen LogP contribution in [0.1, 0.15) is 24.0 Å². The summed E-state index contributed by atoms with van der Waals surface area (Å²) in [4.78, 5) is 8.22. The second kappa shape index (κ2) is 13.3. The summed E-state index contributed by atoms with van der Waals surface area (Å²) in [6.45, 7) is 1.86. The summed E-state index contributed by atoms with van der Waals surface area (Å²) in [6.07, 6.45) is -3.03. The van der Waals surface area contributed by atoms with Gasteiger partial charge in [0.2, 0.25) is 5.88 Å². The average molecular weight is 538 g/mol. The lowest BCUT2D eigenvalue weighted by Crippen LogP contribution is -2.39. The van der Waals surface area contributed by atoms with Crippen LogP contribution < -0.4 is 15.4 Å². The van der Waals surface area contributed by atoms with E-state index in [0.717, 1.165) is 5.56 Å². The number of pyridine rings is 1. The van der Waals surface area contributed by atoms with E-state index in [2.05, 4.69) is 25.3 Å². The van der Waals surface area contributed by atoms with Crippen LogP contribution >= 0.6 is 24.0 Å². The van der Waals surface area contributed by atoms with Crippen molar-refractivity contribution < 1.29 is 23.0 Å². The highest BCUT2D eigenvalue weighted by molar-refractivity contribution is 14.0. The molecule has 3 N–H and O–H groups in total. The van der Waals surface area contributed by atoms with Crippen LogP contribution in [0.2, 0.25) is 0 Å². The normalized spacial score (nSPS) is 12.6. The number of hydrogen-bond acceptors (Lipinski definition) is 4. The van der Waals surface area contributed by atoms with Gasteiger partial charge in [0.05, 0.1) is 13.2 Å². The summed E-state index contributed by atoms with van der Waals surface area (Å²) in [5.41, 5.74) is 1.68. The highest BCUT2D eigenvalue weighted by atomic mass is 127. The molecule has 1 aromatic heterocycles. The van der Waals surface area contributed by atoms with Gasteiger partial charge in [0.15, 0.2) is 12.6 Å². The molecule has 10 heteroatoms. The maximum atomic E-state index is 12.3. The predicted molar refractivity (Wildman–Crippen MR) is 120 cm³/mol. The maximum Gasteiger partial charge on any atom is 0.422 e. The quantitative estimate of drug-likeness (QED) is 0.259. The van der Waals surface area contributed by atoms with Gasteiger partial charge in [-0.1, -0.05) is 30.3 Å². The first-order chi connectivity index (χ1) is 13.9. The zero-order valence-corrected chi connectivity index (χ0v) is 18.9. The Morgan fingerprint density at radius 1 is 1.20 bits per heavy atom. The summed E-state index contributed by atoms with van der Waals surface area (Å²) < 4.78 is 41.5. The van der Waals surface area contributed by atoms with Gasteiger partial charge >= 0.3 is 6.18 Å². The van der Waals surface area contributed by atoms with E-state index in [1.165, 1.54) is 12.3 Å². The van der Waals surface area contributed by atoms with Crippen molar-refractivity contribution >= 4 is 29.9 Å². The molecule has 0 saturated carbocycles. The molecule has 0 amide bonds. The SMILES string of the molecule is CCNC(=NCc1ccnc(OCC(F)(F)F)c1)NCC(CO)c1ccccc1.I. The van der Waals surface area contributed by atoms with Crippen LogP contribution in [0.3, 0.4) is 0 Å². The second-order valence-electron chi connectivity index (χ2n) is 6.27. The molecule has 0 aliphatic carbocycles. The van der Waals surface area contributed by atoms with E-state index < -0.39 is 12.8 Å². The maximum absolute atomic E-state index is 12.3. The lowest BCUT2D eigenvalue weighted by atomic mass is 10.0. The first-order valence-electron chi connectivity index (χ1n) is 9.23. The summed E-state index contributed by atoms with van der Waals surface area (Å²) >= 11 is 0. The van der Waals surface area contributed by atoms with Crippen LogP contribution in [0.4, 0.5) is 13.2 Å². The Kier molecular flexibility index (Phi) is 11.5. The van der Waals surface area contributed by atoms with Gasteiger partial charge in [-0.25, -0.2) is 9.98 Å².